The predicted octanol–water partition coefficient (Wildman–Crippen LogP) is 1.46. The van der Waals surface area contributed by atoms with E-state index in [0.29, 0.717) is 0 Å². The third-order valence-electron chi connectivity index (χ3n) is 3.42. The molecule has 0 radical (unpaired) electrons. The first-order chi connectivity index (χ1) is 7.19. The average Bonchev–Trinajstić information content (AvgIpc) is 2.98. The highest BCUT2D eigenvalue weighted by Gasteiger charge is 2.40. The zero-order chi connectivity index (χ0) is 10.5. The minimum absolute atomic E-state index is 0.0483. The van der Waals surface area contributed by atoms with Crippen molar-refractivity contribution in [3.63, 3.8) is 0 Å². The molecule has 1 aromatic rings. The summed E-state index contributed by atoms with van der Waals surface area (Å²) in [6, 6.07) is 6.33. The van der Waals surface area contributed by atoms with Crippen molar-refractivity contribution in [2.24, 2.45) is 5.73 Å². The predicted molar refractivity (Wildman–Crippen MR) is 60.3 cm³/mol. The fraction of sp³-hybridized carbons (Fsp3) is 0.500. The van der Waals surface area contributed by atoms with Gasteiger partial charge in [-0.3, -0.25) is 0 Å². The van der Waals surface area contributed by atoms with Crippen LogP contribution in [0.25, 0.3) is 0 Å². The number of hydrogen-bond acceptors (Lipinski definition) is 3. The van der Waals surface area contributed by atoms with Crippen molar-refractivity contribution in [1.82, 2.24) is 0 Å². The molecule has 1 aliphatic carbocycles. The second kappa shape index (κ2) is 2.89. The van der Waals surface area contributed by atoms with Gasteiger partial charge in [0.15, 0.2) is 0 Å². The molecule has 0 saturated heterocycles. The van der Waals surface area contributed by atoms with Crippen LogP contribution in [0.3, 0.4) is 0 Å². The zero-order valence-corrected chi connectivity index (χ0v) is 8.99. The van der Waals surface area contributed by atoms with E-state index in [1.54, 1.807) is 0 Å². The van der Waals surface area contributed by atoms with Crippen LogP contribution in [0.1, 0.15) is 18.4 Å². The number of ether oxygens (including phenoxy) is 1. The number of likely N-dealkylation sites (N-methyl/N-ethyl adjacent to an activating group) is 1. The Balaban J connectivity index is 2.04. The Labute approximate surface area is 89.8 Å². The molecule has 0 aromatic heterocycles. The van der Waals surface area contributed by atoms with E-state index in [9.17, 15) is 0 Å². The lowest BCUT2D eigenvalue weighted by atomic mass is 10.0. The van der Waals surface area contributed by atoms with Crippen molar-refractivity contribution in [1.29, 1.82) is 0 Å². The molecular weight excluding hydrogens is 188 g/mol. The van der Waals surface area contributed by atoms with Crippen LogP contribution in [0.2, 0.25) is 0 Å². The molecule has 1 fully saturated rings. The van der Waals surface area contributed by atoms with Crippen LogP contribution in [0.4, 0.5) is 5.69 Å². The van der Waals surface area contributed by atoms with Crippen LogP contribution >= 0.6 is 0 Å². The maximum absolute atomic E-state index is 6.19. The molecule has 3 rings (SSSR count). The smallest absolute Gasteiger partial charge is 0.142 e. The highest BCUT2D eigenvalue weighted by atomic mass is 16.5. The van der Waals surface area contributed by atoms with E-state index < -0.39 is 0 Å². The molecule has 0 bridgehead atoms. The summed E-state index contributed by atoms with van der Waals surface area (Å²) in [5.41, 5.74) is 8.56. The van der Waals surface area contributed by atoms with E-state index in [0.717, 1.165) is 31.7 Å². The van der Waals surface area contributed by atoms with E-state index in [1.165, 1.54) is 11.3 Å². The maximum Gasteiger partial charge on any atom is 0.142 e. The minimum atomic E-state index is -0.0483. The monoisotopic (exact) mass is 204 g/mol. The lowest BCUT2D eigenvalue weighted by Crippen LogP contribution is -2.29. The molecule has 2 aliphatic rings. The first-order valence-electron chi connectivity index (χ1n) is 5.46. The molecule has 3 heteroatoms. The van der Waals surface area contributed by atoms with Gasteiger partial charge in [0.1, 0.15) is 12.4 Å². The van der Waals surface area contributed by atoms with Crippen molar-refractivity contribution in [2.45, 2.75) is 18.4 Å². The van der Waals surface area contributed by atoms with Crippen LogP contribution in [0.5, 0.6) is 5.75 Å². The van der Waals surface area contributed by atoms with Crippen molar-refractivity contribution in [3.05, 3.63) is 23.8 Å². The lowest BCUT2D eigenvalue weighted by molar-refractivity contribution is 0.311. The van der Waals surface area contributed by atoms with Crippen molar-refractivity contribution in [3.8, 4) is 5.75 Å². The van der Waals surface area contributed by atoms with Gasteiger partial charge in [-0.2, -0.15) is 0 Å². The van der Waals surface area contributed by atoms with Gasteiger partial charge in [0.2, 0.25) is 0 Å². The second-order valence-electron chi connectivity index (χ2n) is 4.61. The van der Waals surface area contributed by atoms with Crippen LogP contribution < -0.4 is 15.4 Å². The summed E-state index contributed by atoms with van der Waals surface area (Å²) in [4.78, 5) is 2.23. The van der Waals surface area contributed by atoms with Gasteiger partial charge in [0, 0.05) is 12.6 Å². The number of fused-ring (bicyclic) bond motifs is 1. The Kier molecular flexibility index (Phi) is 1.74. The lowest BCUT2D eigenvalue weighted by Gasteiger charge is -2.28. The number of benzene rings is 1. The second-order valence-corrected chi connectivity index (χ2v) is 4.61. The molecule has 15 heavy (non-hydrogen) atoms. The van der Waals surface area contributed by atoms with Gasteiger partial charge in [-0.25, -0.2) is 0 Å². The van der Waals surface area contributed by atoms with Gasteiger partial charge in [0.05, 0.1) is 12.2 Å². The molecule has 2 N–H and O–H groups in total. The van der Waals surface area contributed by atoms with E-state index in [4.69, 9.17) is 10.5 Å². The fourth-order valence-electron chi connectivity index (χ4n) is 2.08. The minimum Gasteiger partial charge on any atom is -0.490 e. The Bertz CT molecular complexity index is 399. The zero-order valence-electron chi connectivity index (χ0n) is 8.99. The van der Waals surface area contributed by atoms with Gasteiger partial charge in [-0.05, 0) is 30.5 Å². The van der Waals surface area contributed by atoms with Crippen molar-refractivity contribution < 1.29 is 4.74 Å². The Morgan fingerprint density at radius 2 is 2.20 bits per heavy atom. The normalized spacial score (nSPS) is 21.9. The SMILES string of the molecule is CN1CCOc2ccc(C3(N)CC3)cc21. The standard InChI is InChI=1S/C12H16N2O/c1-14-6-7-15-11-3-2-9(8-10(11)14)12(13)4-5-12/h2-3,8H,4-7,13H2,1H3. The van der Waals surface area contributed by atoms with Crippen LogP contribution in [-0.2, 0) is 5.54 Å². The van der Waals surface area contributed by atoms with E-state index in [-0.39, 0.29) is 5.54 Å². The molecule has 0 atom stereocenters. The number of anilines is 1. The van der Waals surface area contributed by atoms with Crippen molar-refractivity contribution in [2.75, 3.05) is 25.1 Å². The van der Waals surface area contributed by atoms with Crippen LogP contribution in [0.15, 0.2) is 18.2 Å². The summed E-state index contributed by atoms with van der Waals surface area (Å²) in [7, 11) is 2.10. The largest absolute Gasteiger partial charge is 0.490 e. The molecule has 0 unspecified atom stereocenters. The quantitative estimate of drug-likeness (QED) is 0.752. The summed E-state index contributed by atoms with van der Waals surface area (Å²) in [5, 5.41) is 0. The van der Waals surface area contributed by atoms with Gasteiger partial charge in [-0.15, -0.1) is 0 Å². The summed E-state index contributed by atoms with van der Waals surface area (Å²) < 4.78 is 5.60. The summed E-state index contributed by atoms with van der Waals surface area (Å²) in [5.74, 6) is 0.983. The first-order valence-corrected chi connectivity index (χ1v) is 5.46. The van der Waals surface area contributed by atoms with Crippen LogP contribution in [0, 0.1) is 0 Å². The molecule has 1 heterocycles. The third-order valence-corrected chi connectivity index (χ3v) is 3.42. The number of nitrogens with two attached hydrogens (primary N) is 1. The molecule has 1 saturated carbocycles. The maximum atomic E-state index is 6.19. The van der Waals surface area contributed by atoms with Gasteiger partial charge in [-0.1, -0.05) is 6.07 Å². The Hall–Kier alpha value is -1.22. The molecule has 1 aliphatic heterocycles. The van der Waals surface area contributed by atoms with Gasteiger partial charge in [0.25, 0.3) is 0 Å². The van der Waals surface area contributed by atoms with Crippen molar-refractivity contribution >= 4 is 5.69 Å². The number of rotatable bonds is 1. The highest BCUT2D eigenvalue weighted by Crippen LogP contribution is 2.45. The highest BCUT2D eigenvalue weighted by molar-refractivity contribution is 5.62. The van der Waals surface area contributed by atoms with Gasteiger partial charge < -0.3 is 15.4 Å². The first kappa shape index (κ1) is 9.04. The van der Waals surface area contributed by atoms with E-state index in [2.05, 4.69) is 24.1 Å². The molecule has 1 aromatic carbocycles. The average molecular weight is 204 g/mol. The molecule has 0 spiro atoms. The summed E-state index contributed by atoms with van der Waals surface area (Å²) in [6.45, 7) is 1.73. The molecule has 80 valence electrons. The van der Waals surface area contributed by atoms with Crippen LogP contribution in [-0.4, -0.2) is 20.2 Å². The van der Waals surface area contributed by atoms with E-state index in [1.807, 2.05) is 6.07 Å². The number of hydrogen-bond donors (Lipinski definition) is 1. The number of nitrogens with zero attached hydrogens (tertiary/aromatic N) is 1. The van der Waals surface area contributed by atoms with E-state index >= 15 is 0 Å². The summed E-state index contributed by atoms with van der Waals surface area (Å²) in [6.07, 6.45) is 2.21. The Morgan fingerprint density at radius 1 is 1.40 bits per heavy atom. The molecular formula is C12H16N2O. The third kappa shape index (κ3) is 1.38. The molecule has 3 nitrogen and oxygen atoms in total. The summed E-state index contributed by atoms with van der Waals surface area (Å²) >= 11 is 0. The topological polar surface area (TPSA) is 38.5 Å². The Morgan fingerprint density at radius 3 is 2.93 bits per heavy atom. The van der Waals surface area contributed by atoms with Gasteiger partial charge >= 0.3 is 0 Å². The fourth-order valence-corrected chi connectivity index (χ4v) is 2.08. The molecule has 0 amide bonds.